The van der Waals surface area contributed by atoms with Crippen molar-refractivity contribution in [3.63, 3.8) is 0 Å². The summed E-state index contributed by atoms with van der Waals surface area (Å²) in [4.78, 5) is 32.6. The van der Waals surface area contributed by atoms with Gasteiger partial charge in [-0.15, -0.1) is 0 Å². The summed E-state index contributed by atoms with van der Waals surface area (Å²) in [6.45, 7) is 0.889. The number of fused-ring (bicyclic) bond motifs is 2. The average Bonchev–Trinajstić information content (AvgIpc) is 1.45. The van der Waals surface area contributed by atoms with E-state index in [-0.39, 0.29) is 17.6 Å². The molecule has 30 aromatic carbocycles. The molecule has 5 aliphatic carbocycles. The Labute approximate surface area is 437 Å². The number of hydrogen-bond donors (Lipinski definition) is 0. The molecular formula is C77H13NO2. The van der Waals surface area contributed by atoms with Gasteiger partial charge in [0.15, 0.2) is 11.6 Å². The summed E-state index contributed by atoms with van der Waals surface area (Å²) in [6.07, 6.45) is 0. The van der Waals surface area contributed by atoms with Gasteiger partial charge in [-0.3, -0.25) is 14.5 Å². The van der Waals surface area contributed by atoms with Gasteiger partial charge in [0.05, 0.1) is 10.8 Å². The third-order valence-electron chi connectivity index (χ3n) is 28.2. The van der Waals surface area contributed by atoms with Gasteiger partial charge in [-0.1, -0.05) is 30.3 Å². The summed E-state index contributed by atoms with van der Waals surface area (Å²) in [6, 6.07) is 14.1. The molecule has 0 radical (unpaired) electrons. The molecule has 3 nitrogen and oxygen atoms in total. The highest BCUT2D eigenvalue weighted by Crippen LogP contribution is 2.87. The van der Waals surface area contributed by atoms with Gasteiger partial charge in [0.1, 0.15) is 0 Å². The van der Waals surface area contributed by atoms with Crippen molar-refractivity contribution < 1.29 is 9.59 Å². The molecule has 1 saturated heterocycles. The number of likely N-dealkylation sites (tertiary alicyclic amines) is 1. The van der Waals surface area contributed by atoms with Crippen LogP contribution in [0.2, 0.25) is 0 Å². The van der Waals surface area contributed by atoms with Crippen LogP contribution in [0.3, 0.4) is 0 Å². The second-order valence-corrected chi connectivity index (χ2v) is 28.8. The van der Waals surface area contributed by atoms with E-state index in [2.05, 4.69) is 30.1 Å². The fourth-order valence-electron chi connectivity index (χ4n) is 27.8. The number of likely N-dealkylation sites (N-methyl/N-ethyl adjacent to an activating group) is 1. The first-order chi connectivity index (χ1) is 39.6. The van der Waals surface area contributed by atoms with Crippen LogP contribution >= 0.6 is 0 Å². The van der Waals surface area contributed by atoms with Gasteiger partial charge < -0.3 is 0 Å². The number of ketones is 2. The molecule has 1 fully saturated rings. The van der Waals surface area contributed by atoms with Gasteiger partial charge in [-0.2, -0.15) is 0 Å². The molecule has 1 atom stereocenters. The topological polar surface area (TPSA) is 37.4 Å². The molecule has 3 heteroatoms. The first-order valence-corrected chi connectivity index (χ1v) is 29.4. The standard InChI is InChI=1S/C77H13NO2/c1-78-9-76-69-61-53-43-33-25-17-15-16-19-23-21(17)29-37-31(23)41-35-27(19)28-20(16)24-22-18(15)26(25)34-40-30(22)38-32(24)42-36(28)46-45(35)57-51(41)59-49(37)55(47(53)39(29)33)63(69)65(59)71-67(57)68-58(46)52(42)60-50(38)56-48(40)54(44(34)43)62(61)70(76)64(56)66(60)72(68)77(71,76)75(78)10-6-7-13-14(8-10)74(80)12-5-3-2-4-11(12)73(13)79/h2-8,75H,9H2,1H3. The molecule has 1 heterocycles. The fourth-order valence-corrected chi connectivity index (χ4v) is 27.8. The van der Waals surface area contributed by atoms with Crippen LogP contribution in [-0.4, -0.2) is 30.1 Å². The third kappa shape index (κ3) is 1.73. The molecule has 0 amide bonds. The molecule has 80 heavy (non-hydrogen) atoms. The molecule has 0 bridgehead atoms. The maximum Gasteiger partial charge on any atom is 0.194 e. The number of carbonyl (C=O) groups excluding carboxylic acids is 2. The predicted molar refractivity (Wildman–Crippen MR) is 329 cm³/mol. The van der Waals surface area contributed by atoms with Crippen molar-refractivity contribution in [2.24, 2.45) is 0 Å². The third-order valence-corrected chi connectivity index (χ3v) is 28.2. The van der Waals surface area contributed by atoms with Crippen molar-refractivity contribution in [3.05, 3.63) is 92.5 Å². The Hall–Kier alpha value is -9.80. The number of carbonyl (C=O) groups is 2. The SMILES string of the molecule is CN1CC23c4c5c6c7c8c9c(c%10c%11c2c2c4c4c%12c5c5c6c6c8c8c%13c9c9c%10c%10c%11c%11c2c2c4c4c%12c%12c5c5c6c8c6c8c%13c9c9c%10c%10c%11c2c2c4c4c%12c5c6c5c8c9c%10c2c45)C73C1c1ccc2c(c1)C(=O)c1ccccc1C2=O. The van der Waals surface area contributed by atoms with Crippen molar-refractivity contribution >= 4 is 302 Å². The summed E-state index contributed by atoms with van der Waals surface area (Å²) in [5.74, 6) is -0.0584. The smallest absolute Gasteiger partial charge is 0.194 e. The summed E-state index contributed by atoms with van der Waals surface area (Å²) < 4.78 is 0. The van der Waals surface area contributed by atoms with Crippen LogP contribution in [0.25, 0.3) is 291 Å². The second kappa shape index (κ2) is 7.22. The zero-order chi connectivity index (χ0) is 48.3. The van der Waals surface area contributed by atoms with Crippen LogP contribution in [0.15, 0.2) is 42.5 Å². The summed E-state index contributed by atoms with van der Waals surface area (Å²) in [7, 11) is 2.47. The van der Waals surface area contributed by atoms with Crippen molar-refractivity contribution in [1.29, 1.82) is 0 Å². The van der Waals surface area contributed by atoms with E-state index >= 15 is 4.79 Å². The minimum Gasteiger partial charge on any atom is -0.297 e. The zero-order valence-corrected chi connectivity index (χ0v) is 41.1. The highest BCUT2D eigenvalue weighted by Gasteiger charge is 2.76. The lowest BCUT2D eigenvalue weighted by atomic mass is 9.47. The molecule has 6 aliphatic rings. The Bertz CT molecular complexity index is 7990. The molecule has 30 aromatic rings. The summed E-state index contributed by atoms with van der Waals surface area (Å²) >= 11 is 0. The van der Waals surface area contributed by atoms with Crippen molar-refractivity contribution in [2.45, 2.75) is 16.9 Å². The quantitative estimate of drug-likeness (QED) is 0.154. The minimum atomic E-state index is -0.541. The minimum absolute atomic E-state index is 0.0225. The molecule has 1 unspecified atom stereocenters. The number of benzene rings is 20. The Morgan fingerprint density at radius 1 is 0.287 bits per heavy atom. The molecule has 36 rings (SSSR count). The van der Waals surface area contributed by atoms with Crippen LogP contribution in [0, 0.1) is 0 Å². The number of nitrogens with zero attached hydrogens (tertiary/aromatic N) is 1. The maximum atomic E-state index is 15.2. The Kier molecular flexibility index (Phi) is 2.79. The lowest BCUT2D eigenvalue weighted by molar-refractivity contribution is 0.0979. The van der Waals surface area contributed by atoms with Crippen LogP contribution in [0.5, 0.6) is 0 Å². The molecule has 0 saturated carbocycles. The van der Waals surface area contributed by atoms with Gasteiger partial charge >= 0.3 is 0 Å². The van der Waals surface area contributed by atoms with E-state index in [1.54, 1.807) is 313 Å². The molecular weight excluding hydrogens is 971 g/mol. The lowest BCUT2D eigenvalue weighted by Crippen LogP contribution is -2.52. The molecule has 2 spiro atoms. The van der Waals surface area contributed by atoms with E-state index in [1.807, 2.05) is 24.3 Å². The molecule has 0 N–H and O–H groups in total. The van der Waals surface area contributed by atoms with Crippen LogP contribution in [0.1, 0.15) is 65.7 Å². The van der Waals surface area contributed by atoms with Crippen LogP contribution in [-0.2, 0) is 10.8 Å². The van der Waals surface area contributed by atoms with Gasteiger partial charge in [0, 0.05) is 34.8 Å². The van der Waals surface area contributed by atoms with E-state index in [1.165, 1.54) is 5.56 Å². The molecule has 338 valence electrons. The van der Waals surface area contributed by atoms with Crippen molar-refractivity contribution in [2.75, 3.05) is 13.6 Å². The fraction of sp³-hybridized carbons (Fsp3) is 0.0649. The van der Waals surface area contributed by atoms with Crippen LogP contribution < -0.4 is 0 Å². The van der Waals surface area contributed by atoms with E-state index in [9.17, 15) is 4.79 Å². The lowest BCUT2D eigenvalue weighted by Gasteiger charge is -2.52. The first-order valence-electron chi connectivity index (χ1n) is 29.4. The Balaban J connectivity index is 1.00. The Morgan fingerprint density at radius 3 is 0.787 bits per heavy atom. The Morgan fingerprint density at radius 2 is 0.512 bits per heavy atom. The van der Waals surface area contributed by atoms with Crippen molar-refractivity contribution in [1.82, 2.24) is 4.90 Å². The largest absolute Gasteiger partial charge is 0.297 e. The van der Waals surface area contributed by atoms with E-state index < -0.39 is 10.8 Å². The maximum absolute atomic E-state index is 15.2. The number of rotatable bonds is 1. The second-order valence-electron chi connectivity index (χ2n) is 28.8. The number of hydrogen-bond acceptors (Lipinski definition) is 3. The van der Waals surface area contributed by atoms with Gasteiger partial charge in [0.25, 0.3) is 0 Å². The molecule has 1 aliphatic heterocycles. The predicted octanol–water partition coefficient (Wildman–Crippen LogP) is 18.8. The average molecular weight is 984 g/mol. The monoisotopic (exact) mass is 983 g/mol. The van der Waals surface area contributed by atoms with E-state index in [4.69, 9.17) is 0 Å². The van der Waals surface area contributed by atoms with Gasteiger partial charge in [0.2, 0.25) is 0 Å². The van der Waals surface area contributed by atoms with Crippen LogP contribution in [0.4, 0.5) is 0 Å². The van der Waals surface area contributed by atoms with Crippen molar-refractivity contribution in [3.8, 4) is 0 Å². The van der Waals surface area contributed by atoms with E-state index in [0.29, 0.717) is 22.3 Å². The van der Waals surface area contributed by atoms with E-state index in [0.717, 1.165) is 6.54 Å². The zero-order valence-electron chi connectivity index (χ0n) is 41.1. The summed E-state index contributed by atoms with van der Waals surface area (Å²) in [5.41, 5.74) is 8.99. The van der Waals surface area contributed by atoms with Gasteiger partial charge in [-0.25, -0.2) is 0 Å². The highest BCUT2D eigenvalue weighted by atomic mass is 16.1. The highest BCUT2D eigenvalue weighted by molar-refractivity contribution is 6.82. The van der Waals surface area contributed by atoms with Gasteiger partial charge in [-0.05, 0) is 338 Å². The summed E-state index contributed by atoms with van der Waals surface area (Å²) in [5, 5.41) is 86.7. The first kappa shape index (κ1) is 31.0. The normalized spacial score (nSPS) is 23.0. The molecule has 0 aromatic heterocycles.